The zero-order valence-corrected chi connectivity index (χ0v) is 13.5. The molecule has 0 aliphatic heterocycles. The largest absolute Gasteiger partial charge is 0.355 e. The molecule has 0 fully saturated rings. The SMILES string of the molecule is CC(C(=O)NCCc1ccc([N+](=O)[O-])cc1)C(N)c1ccccc1. The van der Waals surface area contributed by atoms with Crippen LogP contribution in [0.15, 0.2) is 54.6 Å². The summed E-state index contributed by atoms with van der Waals surface area (Å²) < 4.78 is 0. The summed E-state index contributed by atoms with van der Waals surface area (Å²) in [7, 11) is 0. The van der Waals surface area contributed by atoms with Crippen LogP contribution in [-0.2, 0) is 11.2 Å². The number of carbonyl (C=O) groups excluding carboxylic acids is 1. The van der Waals surface area contributed by atoms with Gasteiger partial charge in [0.05, 0.1) is 10.8 Å². The lowest BCUT2D eigenvalue weighted by atomic mass is 9.94. The van der Waals surface area contributed by atoms with Gasteiger partial charge in [0.1, 0.15) is 0 Å². The molecule has 0 bridgehead atoms. The molecule has 0 spiro atoms. The molecular weight excluding hydrogens is 306 g/mol. The molecule has 0 radical (unpaired) electrons. The predicted molar refractivity (Wildman–Crippen MR) is 92.3 cm³/mol. The smallest absolute Gasteiger partial charge is 0.269 e. The van der Waals surface area contributed by atoms with E-state index in [2.05, 4.69) is 5.32 Å². The first-order valence-electron chi connectivity index (χ1n) is 7.80. The molecule has 0 aliphatic rings. The minimum Gasteiger partial charge on any atom is -0.355 e. The summed E-state index contributed by atoms with van der Waals surface area (Å²) in [4.78, 5) is 22.4. The number of hydrogen-bond donors (Lipinski definition) is 2. The number of nitrogens with one attached hydrogen (secondary N) is 1. The number of nitrogens with zero attached hydrogens (tertiary/aromatic N) is 1. The molecule has 24 heavy (non-hydrogen) atoms. The molecule has 2 unspecified atom stereocenters. The van der Waals surface area contributed by atoms with Gasteiger partial charge in [-0.2, -0.15) is 0 Å². The fraction of sp³-hybridized carbons (Fsp3) is 0.278. The van der Waals surface area contributed by atoms with Crippen molar-refractivity contribution < 1.29 is 9.72 Å². The highest BCUT2D eigenvalue weighted by atomic mass is 16.6. The van der Waals surface area contributed by atoms with Gasteiger partial charge in [-0.1, -0.05) is 49.4 Å². The summed E-state index contributed by atoms with van der Waals surface area (Å²) in [5.41, 5.74) is 8.06. The van der Waals surface area contributed by atoms with Crippen molar-refractivity contribution in [3.63, 3.8) is 0 Å². The van der Waals surface area contributed by atoms with E-state index in [-0.39, 0.29) is 23.6 Å². The molecule has 0 saturated carbocycles. The fourth-order valence-electron chi connectivity index (χ4n) is 2.40. The van der Waals surface area contributed by atoms with Crippen LogP contribution in [0.3, 0.4) is 0 Å². The number of rotatable bonds is 7. The fourth-order valence-corrected chi connectivity index (χ4v) is 2.40. The van der Waals surface area contributed by atoms with Gasteiger partial charge in [0.25, 0.3) is 5.69 Å². The van der Waals surface area contributed by atoms with Crippen LogP contribution in [0.25, 0.3) is 0 Å². The monoisotopic (exact) mass is 327 g/mol. The second kappa shape index (κ2) is 8.21. The Morgan fingerprint density at radius 1 is 1.17 bits per heavy atom. The van der Waals surface area contributed by atoms with E-state index in [4.69, 9.17) is 5.73 Å². The van der Waals surface area contributed by atoms with Gasteiger partial charge in [-0.05, 0) is 17.5 Å². The van der Waals surface area contributed by atoms with Gasteiger partial charge in [0.2, 0.25) is 5.91 Å². The third-order valence-electron chi connectivity index (χ3n) is 4.00. The molecule has 3 N–H and O–H groups in total. The van der Waals surface area contributed by atoms with Crippen LogP contribution in [0, 0.1) is 16.0 Å². The van der Waals surface area contributed by atoms with Gasteiger partial charge in [-0.15, -0.1) is 0 Å². The molecule has 0 aromatic heterocycles. The second-order valence-corrected chi connectivity index (χ2v) is 5.69. The number of amides is 1. The van der Waals surface area contributed by atoms with E-state index in [1.807, 2.05) is 30.3 Å². The van der Waals surface area contributed by atoms with Crippen LogP contribution in [0.5, 0.6) is 0 Å². The molecule has 6 nitrogen and oxygen atoms in total. The topological polar surface area (TPSA) is 98.3 Å². The number of carbonyl (C=O) groups is 1. The Balaban J connectivity index is 1.83. The lowest BCUT2D eigenvalue weighted by molar-refractivity contribution is -0.384. The van der Waals surface area contributed by atoms with E-state index in [0.29, 0.717) is 13.0 Å². The first-order chi connectivity index (χ1) is 11.5. The highest BCUT2D eigenvalue weighted by molar-refractivity contribution is 5.79. The number of nitrogens with two attached hydrogens (primary N) is 1. The van der Waals surface area contributed by atoms with Crippen LogP contribution in [-0.4, -0.2) is 17.4 Å². The van der Waals surface area contributed by atoms with E-state index in [1.54, 1.807) is 19.1 Å². The molecule has 0 saturated heterocycles. The molecule has 126 valence electrons. The Morgan fingerprint density at radius 3 is 2.38 bits per heavy atom. The van der Waals surface area contributed by atoms with Gasteiger partial charge in [-0.3, -0.25) is 14.9 Å². The van der Waals surface area contributed by atoms with Crippen molar-refractivity contribution in [3.05, 3.63) is 75.8 Å². The molecule has 6 heteroatoms. The molecular formula is C18H21N3O3. The van der Waals surface area contributed by atoms with E-state index in [9.17, 15) is 14.9 Å². The number of benzene rings is 2. The summed E-state index contributed by atoms with van der Waals surface area (Å²) in [5.74, 6) is -0.447. The number of hydrogen-bond acceptors (Lipinski definition) is 4. The average molecular weight is 327 g/mol. The Morgan fingerprint density at radius 2 is 1.79 bits per heavy atom. The van der Waals surface area contributed by atoms with Crippen LogP contribution in [0.1, 0.15) is 24.1 Å². The highest BCUT2D eigenvalue weighted by Gasteiger charge is 2.21. The van der Waals surface area contributed by atoms with E-state index < -0.39 is 4.92 Å². The maximum Gasteiger partial charge on any atom is 0.269 e. The van der Waals surface area contributed by atoms with Crippen molar-refractivity contribution in [3.8, 4) is 0 Å². The van der Waals surface area contributed by atoms with Gasteiger partial charge >= 0.3 is 0 Å². The van der Waals surface area contributed by atoms with Crippen molar-refractivity contribution in [2.24, 2.45) is 11.7 Å². The maximum atomic E-state index is 12.2. The molecule has 0 heterocycles. The lowest BCUT2D eigenvalue weighted by Crippen LogP contribution is -2.36. The van der Waals surface area contributed by atoms with Crippen LogP contribution in [0.2, 0.25) is 0 Å². The van der Waals surface area contributed by atoms with E-state index >= 15 is 0 Å². The molecule has 2 aromatic carbocycles. The minimum atomic E-state index is -0.432. The summed E-state index contributed by atoms with van der Waals surface area (Å²) in [6.45, 7) is 2.27. The van der Waals surface area contributed by atoms with Crippen molar-refractivity contribution >= 4 is 11.6 Å². The van der Waals surface area contributed by atoms with Gasteiger partial charge in [0, 0.05) is 24.7 Å². The molecule has 0 aliphatic carbocycles. The number of nitro benzene ring substituents is 1. The van der Waals surface area contributed by atoms with E-state index in [1.165, 1.54) is 12.1 Å². The maximum absolute atomic E-state index is 12.2. The first kappa shape index (κ1) is 17.6. The summed E-state index contributed by atoms with van der Waals surface area (Å²) in [5, 5.41) is 13.5. The van der Waals surface area contributed by atoms with Crippen molar-refractivity contribution in [1.82, 2.24) is 5.32 Å². The molecule has 2 atom stereocenters. The van der Waals surface area contributed by atoms with Crippen molar-refractivity contribution in [2.45, 2.75) is 19.4 Å². The Labute approximate surface area is 140 Å². The average Bonchev–Trinajstić information content (AvgIpc) is 2.61. The molecule has 2 aromatic rings. The zero-order chi connectivity index (χ0) is 17.5. The number of nitro groups is 1. The lowest BCUT2D eigenvalue weighted by Gasteiger charge is -2.19. The van der Waals surface area contributed by atoms with Gasteiger partial charge in [-0.25, -0.2) is 0 Å². The van der Waals surface area contributed by atoms with Gasteiger partial charge in [0.15, 0.2) is 0 Å². The van der Waals surface area contributed by atoms with Crippen LogP contribution < -0.4 is 11.1 Å². The van der Waals surface area contributed by atoms with Crippen molar-refractivity contribution in [1.29, 1.82) is 0 Å². The Hall–Kier alpha value is -2.73. The minimum absolute atomic E-state index is 0.0604. The number of non-ortho nitro benzene ring substituents is 1. The quantitative estimate of drug-likeness (QED) is 0.603. The summed E-state index contributed by atoms with van der Waals surface area (Å²) in [6.07, 6.45) is 0.608. The normalized spacial score (nSPS) is 13.1. The summed E-state index contributed by atoms with van der Waals surface area (Å²) in [6, 6.07) is 15.5. The third kappa shape index (κ3) is 4.63. The summed E-state index contributed by atoms with van der Waals surface area (Å²) >= 11 is 0. The van der Waals surface area contributed by atoms with Gasteiger partial charge < -0.3 is 11.1 Å². The first-order valence-corrected chi connectivity index (χ1v) is 7.80. The molecule has 2 rings (SSSR count). The second-order valence-electron chi connectivity index (χ2n) is 5.69. The van der Waals surface area contributed by atoms with Crippen molar-refractivity contribution in [2.75, 3.05) is 6.54 Å². The van der Waals surface area contributed by atoms with Crippen LogP contribution in [0.4, 0.5) is 5.69 Å². The zero-order valence-electron chi connectivity index (χ0n) is 13.5. The highest BCUT2D eigenvalue weighted by Crippen LogP contribution is 2.19. The van der Waals surface area contributed by atoms with Crippen LogP contribution >= 0.6 is 0 Å². The standard InChI is InChI=1S/C18H21N3O3/c1-13(17(19)15-5-3-2-4-6-15)18(22)20-12-11-14-7-9-16(10-8-14)21(23)24/h2-10,13,17H,11-12,19H2,1H3,(H,20,22). The third-order valence-corrected chi connectivity index (χ3v) is 4.00. The Kier molecular flexibility index (Phi) is 6.03. The van der Waals surface area contributed by atoms with E-state index in [0.717, 1.165) is 11.1 Å². The molecule has 1 amide bonds. The predicted octanol–water partition coefficient (Wildman–Crippen LogP) is 2.59. The Bertz CT molecular complexity index is 686.